The van der Waals surface area contributed by atoms with Crippen LogP contribution < -0.4 is 10.6 Å². The van der Waals surface area contributed by atoms with Crippen LogP contribution >= 0.6 is 0 Å². The lowest BCUT2D eigenvalue weighted by molar-refractivity contribution is -0.175. The van der Waals surface area contributed by atoms with E-state index in [0.717, 1.165) is 16.8 Å². The highest BCUT2D eigenvalue weighted by Gasteiger charge is 2.28. The van der Waals surface area contributed by atoms with Gasteiger partial charge in [-0.3, -0.25) is 4.79 Å². The van der Waals surface area contributed by atoms with Crippen LogP contribution in [0.15, 0.2) is 18.2 Å². The summed E-state index contributed by atoms with van der Waals surface area (Å²) in [5.41, 5.74) is 2.60. The molecule has 1 aliphatic heterocycles. The maximum Gasteiger partial charge on any atom is 0.411 e. The van der Waals surface area contributed by atoms with Crippen molar-refractivity contribution in [3.63, 3.8) is 0 Å². The van der Waals surface area contributed by atoms with Gasteiger partial charge in [0, 0.05) is 12.1 Å². The van der Waals surface area contributed by atoms with E-state index in [-0.39, 0.29) is 18.6 Å². The van der Waals surface area contributed by atoms with Gasteiger partial charge in [0.1, 0.15) is 6.61 Å². The van der Waals surface area contributed by atoms with Gasteiger partial charge in [-0.05, 0) is 30.7 Å². The molecule has 0 saturated carbocycles. The Morgan fingerprint density at radius 3 is 2.81 bits per heavy atom. The van der Waals surface area contributed by atoms with Crippen LogP contribution in [0.4, 0.5) is 18.9 Å². The highest BCUT2D eigenvalue weighted by molar-refractivity contribution is 5.93. The lowest BCUT2D eigenvalue weighted by Crippen LogP contribution is -2.26. The van der Waals surface area contributed by atoms with Crippen LogP contribution in [0.25, 0.3) is 0 Å². The zero-order chi connectivity index (χ0) is 15.5. The number of amides is 1. The van der Waals surface area contributed by atoms with E-state index in [9.17, 15) is 18.0 Å². The second-order valence-electron chi connectivity index (χ2n) is 4.94. The van der Waals surface area contributed by atoms with Gasteiger partial charge < -0.3 is 15.4 Å². The standard InChI is InChI=1S/C14H17F3N2O2/c1-18-12(7-21-8-14(15,16)17)10-2-4-11-9(6-10)3-5-13(20)19-11/h2,4,6,12,18H,3,5,7-8H2,1H3,(H,19,20). The Labute approximate surface area is 120 Å². The second-order valence-corrected chi connectivity index (χ2v) is 4.94. The largest absolute Gasteiger partial charge is 0.411 e. The minimum Gasteiger partial charge on any atom is -0.370 e. The van der Waals surface area contributed by atoms with Crippen molar-refractivity contribution >= 4 is 11.6 Å². The molecule has 0 fully saturated rings. The highest BCUT2D eigenvalue weighted by Crippen LogP contribution is 2.26. The molecule has 1 heterocycles. The molecule has 1 unspecified atom stereocenters. The minimum atomic E-state index is -4.32. The number of carbonyl (C=O) groups is 1. The monoisotopic (exact) mass is 302 g/mol. The third-order valence-corrected chi connectivity index (χ3v) is 3.33. The van der Waals surface area contributed by atoms with Crippen molar-refractivity contribution < 1.29 is 22.7 Å². The quantitative estimate of drug-likeness (QED) is 0.878. The Balaban J connectivity index is 2.03. The molecule has 1 atom stereocenters. The molecule has 21 heavy (non-hydrogen) atoms. The summed E-state index contributed by atoms with van der Waals surface area (Å²) in [5.74, 6) is -0.0195. The van der Waals surface area contributed by atoms with Crippen molar-refractivity contribution in [1.29, 1.82) is 0 Å². The van der Waals surface area contributed by atoms with Crippen LogP contribution in [0.2, 0.25) is 0 Å². The number of carbonyl (C=O) groups excluding carboxylic acids is 1. The number of likely N-dealkylation sites (N-methyl/N-ethyl adjacent to an activating group) is 1. The number of aryl methyl sites for hydroxylation is 1. The number of hydrogen-bond donors (Lipinski definition) is 2. The molecule has 1 amide bonds. The predicted octanol–water partition coefficient (Wildman–Crippen LogP) is 2.41. The van der Waals surface area contributed by atoms with Gasteiger partial charge in [-0.15, -0.1) is 0 Å². The average molecular weight is 302 g/mol. The molecular weight excluding hydrogens is 285 g/mol. The van der Waals surface area contributed by atoms with Crippen LogP contribution in [0.3, 0.4) is 0 Å². The van der Waals surface area contributed by atoms with Crippen LogP contribution in [0.1, 0.15) is 23.6 Å². The lowest BCUT2D eigenvalue weighted by atomic mass is 9.97. The SMILES string of the molecule is CNC(COCC(F)(F)F)c1ccc2c(c1)CCC(=O)N2. The smallest absolute Gasteiger partial charge is 0.370 e. The predicted molar refractivity (Wildman–Crippen MR) is 72.1 cm³/mol. The molecule has 1 aromatic rings. The zero-order valence-corrected chi connectivity index (χ0v) is 11.6. The van der Waals surface area contributed by atoms with Gasteiger partial charge in [-0.2, -0.15) is 13.2 Å². The molecule has 1 aromatic carbocycles. The van der Waals surface area contributed by atoms with Gasteiger partial charge in [-0.1, -0.05) is 12.1 Å². The average Bonchev–Trinajstić information content (AvgIpc) is 2.42. The van der Waals surface area contributed by atoms with Crippen molar-refractivity contribution in [3.8, 4) is 0 Å². The number of fused-ring (bicyclic) bond motifs is 1. The molecule has 0 spiro atoms. The number of hydrogen-bond acceptors (Lipinski definition) is 3. The summed E-state index contributed by atoms with van der Waals surface area (Å²) < 4.78 is 41.0. The van der Waals surface area contributed by atoms with Crippen molar-refractivity contribution in [3.05, 3.63) is 29.3 Å². The van der Waals surface area contributed by atoms with E-state index in [2.05, 4.69) is 10.6 Å². The number of benzene rings is 1. The fourth-order valence-corrected chi connectivity index (χ4v) is 2.26. The van der Waals surface area contributed by atoms with Crippen molar-refractivity contribution in [2.24, 2.45) is 0 Å². The maximum atomic E-state index is 12.1. The Kier molecular flexibility index (Phi) is 4.84. The third kappa shape index (κ3) is 4.44. The topological polar surface area (TPSA) is 50.4 Å². The summed E-state index contributed by atoms with van der Waals surface area (Å²) in [7, 11) is 1.67. The summed E-state index contributed by atoms with van der Waals surface area (Å²) in [5, 5.41) is 5.71. The first-order chi connectivity index (χ1) is 9.89. The van der Waals surface area contributed by atoms with Gasteiger partial charge in [0.05, 0.1) is 12.6 Å². The van der Waals surface area contributed by atoms with Gasteiger partial charge in [0.25, 0.3) is 0 Å². The van der Waals surface area contributed by atoms with E-state index in [1.807, 2.05) is 6.07 Å². The van der Waals surface area contributed by atoms with Gasteiger partial charge in [0.15, 0.2) is 0 Å². The molecule has 7 heteroatoms. The minimum absolute atomic E-state index is 0.0195. The van der Waals surface area contributed by atoms with Gasteiger partial charge >= 0.3 is 6.18 Å². The Morgan fingerprint density at radius 1 is 1.38 bits per heavy atom. The summed E-state index contributed by atoms with van der Waals surface area (Å²) >= 11 is 0. The molecule has 0 aliphatic carbocycles. The normalized spacial score (nSPS) is 16.3. The zero-order valence-electron chi connectivity index (χ0n) is 11.6. The Bertz CT molecular complexity index is 517. The Hall–Kier alpha value is -1.60. The lowest BCUT2D eigenvalue weighted by Gasteiger charge is -2.22. The van der Waals surface area contributed by atoms with E-state index < -0.39 is 12.8 Å². The van der Waals surface area contributed by atoms with Crippen LogP contribution in [-0.2, 0) is 16.0 Å². The summed E-state index contributed by atoms with van der Waals surface area (Å²) in [6.45, 7) is -1.33. The summed E-state index contributed by atoms with van der Waals surface area (Å²) in [6.07, 6.45) is -3.27. The first-order valence-corrected chi connectivity index (χ1v) is 6.63. The molecule has 2 rings (SSSR count). The number of anilines is 1. The number of halogens is 3. The van der Waals surface area contributed by atoms with Crippen molar-refractivity contribution in [2.75, 3.05) is 25.6 Å². The second kappa shape index (κ2) is 6.44. The van der Waals surface area contributed by atoms with E-state index in [1.54, 1.807) is 19.2 Å². The van der Waals surface area contributed by atoms with Crippen LogP contribution in [0, 0.1) is 0 Å². The first kappa shape index (κ1) is 15.8. The number of rotatable bonds is 5. The molecular formula is C14H17F3N2O2. The highest BCUT2D eigenvalue weighted by atomic mass is 19.4. The third-order valence-electron chi connectivity index (χ3n) is 3.33. The number of alkyl halides is 3. The van der Waals surface area contributed by atoms with E-state index in [4.69, 9.17) is 4.74 Å². The van der Waals surface area contributed by atoms with Gasteiger partial charge in [-0.25, -0.2) is 0 Å². The first-order valence-electron chi connectivity index (χ1n) is 6.63. The van der Waals surface area contributed by atoms with Gasteiger partial charge in [0.2, 0.25) is 5.91 Å². The van der Waals surface area contributed by atoms with Crippen LogP contribution in [-0.4, -0.2) is 32.3 Å². The van der Waals surface area contributed by atoms with Crippen molar-refractivity contribution in [2.45, 2.75) is 25.1 Å². The molecule has 0 aromatic heterocycles. The van der Waals surface area contributed by atoms with Crippen LogP contribution in [0.5, 0.6) is 0 Å². The number of ether oxygens (including phenoxy) is 1. The number of nitrogens with one attached hydrogen (secondary N) is 2. The van der Waals surface area contributed by atoms with E-state index in [0.29, 0.717) is 12.8 Å². The molecule has 0 radical (unpaired) electrons. The Morgan fingerprint density at radius 2 is 2.14 bits per heavy atom. The molecule has 0 bridgehead atoms. The summed E-state index contributed by atoms with van der Waals surface area (Å²) in [4.78, 5) is 11.3. The van der Waals surface area contributed by atoms with E-state index in [1.165, 1.54) is 0 Å². The van der Waals surface area contributed by atoms with E-state index >= 15 is 0 Å². The summed E-state index contributed by atoms with van der Waals surface area (Å²) in [6, 6.07) is 5.13. The molecule has 116 valence electrons. The fourth-order valence-electron chi connectivity index (χ4n) is 2.26. The molecule has 1 aliphatic rings. The molecule has 4 nitrogen and oxygen atoms in total. The van der Waals surface area contributed by atoms with Crippen molar-refractivity contribution in [1.82, 2.24) is 5.32 Å². The maximum absolute atomic E-state index is 12.1. The molecule has 2 N–H and O–H groups in total. The fraction of sp³-hybridized carbons (Fsp3) is 0.500. The molecule has 0 saturated heterocycles.